The molecule has 0 fully saturated rings. The van der Waals surface area contributed by atoms with E-state index in [1.165, 1.54) is 6.33 Å². The van der Waals surface area contributed by atoms with Crippen LogP contribution in [0, 0.1) is 11.3 Å². The third-order valence-electron chi connectivity index (χ3n) is 1.97. The van der Waals surface area contributed by atoms with Crippen molar-refractivity contribution in [3.8, 4) is 6.07 Å². The van der Waals surface area contributed by atoms with Crippen LogP contribution in [0.1, 0.15) is 5.56 Å². The van der Waals surface area contributed by atoms with Crippen LogP contribution in [0.2, 0.25) is 0 Å². The van der Waals surface area contributed by atoms with Gasteiger partial charge in [-0.05, 0) is 0 Å². The fourth-order valence-electron chi connectivity index (χ4n) is 1.34. The van der Waals surface area contributed by atoms with Crippen molar-refractivity contribution in [2.45, 2.75) is 0 Å². The fourth-order valence-corrected chi connectivity index (χ4v) is 1.34. The lowest BCUT2D eigenvalue weighted by molar-refractivity contribution is 0.951. The smallest absolute Gasteiger partial charge is 0.165 e. The van der Waals surface area contributed by atoms with Gasteiger partial charge < -0.3 is 11.2 Å². The van der Waals surface area contributed by atoms with Gasteiger partial charge in [-0.15, -0.1) is 0 Å². The van der Waals surface area contributed by atoms with Crippen molar-refractivity contribution in [2.75, 3.05) is 18.2 Å². The van der Waals surface area contributed by atoms with Crippen LogP contribution < -0.4 is 11.2 Å². The van der Waals surface area contributed by atoms with Gasteiger partial charge in [-0.3, -0.25) is 0 Å². The number of nitriles is 1. The quantitative estimate of drug-likeness (QED) is 0.660. The van der Waals surface area contributed by atoms with Crippen molar-refractivity contribution in [1.29, 1.82) is 5.26 Å². The summed E-state index contributed by atoms with van der Waals surface area (Å²) in [4.78, 5) is 7.88. The van der Waals surface area contributed by atoms with Gasteiger partial charge in [0.1, 0.15) is 18.2 Å². The number of nitrogens with two attached hydrogens (primary N) is 1. The molecule has 3 N–H and O–H groups in total. The second-order valence-electron chi connectivity index (χ2n) is 2.71. The summed E-state index contributed by atoms with van der Waals surface area (Å²) in [6.45, 7) is 0. The molecule has 70 valence electrons. The van der Waals surface area contributed by atoms with Crippen LogP contribution in [-0.4, -0.2) is 21.7 Å². The summed E-state index contributed by atoms with van der Waals surface area (Å²) in [5.74, 6) is 0.320. The third-order valence-corrected chi connectivity index (χ3v) is 1.97. The van der Waals surface area contributed by atoms with E-state index >= 15 is 0 Å². The van der Waals surface area contributed by atoms with Gasteiger partial charge in [0, 0.05) is 13.2 Å². The highest BCUT2D eigenvalue weighted by atomic mass is 15.4. The number of nitrogens with one attached hydrogen (secondary N) is 1. The molecule has 6 nitrogen and oxygen atoms in total. The number of nitrogen functional groups attached to an aromatic ring is 1. The van der Waals surface area contributed by atoms with E-state index in [2.05, 4.69) is 15.4 Å². The number of nitrogens with zero attached hydrogens (tertiary/aromatic N) is 4. The van der Waals surface area contributed by atoms with Gasteiger partial charge in [0.05, 0.1) is 10.9 Å². The molecule has 0 saturated carbocycles. The predicted octanol–water partition coefficient (Wildman–Crippen LogP) is 0.0585. The highest BCUT2D eigenvalue weighted by molar-refractivity contribution is 5.91. The van der Waals surface area contributed by atoms with Crippen molar-refractivity contribution in [3.05, 3.63) is 18.1 Å². The van der Waals surface area contributed by atoms with Crippen LogP contribution in [-0.2, 0) is 0 Å². The lowest BCUT2D eigenvalue weighted by atomic mass is 10.2. The summed E-state index contributed by atoms with van der Waals surface area (Å²) in [7, 11) is 1.74. The van der Waals surface area contributed by atoms with Gasteiger partial charge in [-0.2, -0.15) is 5.26 Å². The number of fused-ring (bicyclic) bond motifs is 1. The molecule has 0 aromatic carbocycles. The monoisotopic (exact) mass is 188 g/mol. The Balaban J connectivity index is 2.91. The van der Waals surface area contributed by atoms with Gasteiger partial charge in [-0.25, -0.2) is 14.6 Å². The molecular weight excluding hydrogens is 180 g/mol. The van der Waals surface area contributed by atoms with E-state index in [1.807, 2.05) is 6.07 Å². The maximum absolute atomic E-state index is 8.87. The Kier molecular flexibility index (Phi) is 1.71. The molecule has 0 saturated heterocycles. The van der Waals surface area contributed by atoms with E-state index in [0.717, 1.165) is 0 Å². The maximum atomic E-state index is 8.87. The molecule has 2 heterocycles. The number of hydrogen-bond acceptors (Lipinski definition) is 5. The molecule has 14 heavy (non-hydrogen) atoms. The summed E-state index contributed by atoms with van der Waals surface area (Å²) < 4.78 is 1.63. The zero-order chi connectivity index (χ0) is 10.1. The highest BCUT2D eigenvalue weighted by Crippen LogP contribution is 2.21. The van der Waals surface area contributed by atoms with Crippen molar-refractivity contribution >= 4 is 16.9 Å². The van der Waals surface area contributed by atoms with E-state index in [9.17, 15) is 0 Å². The molecule has 0 spiro atoms. The highest BCUT2D eigenvalue weighted by Gasteiger charge is 2.11. The van der Waals surface area contributed by atoms with E-state index in [1.54, 1.807) is 17.9 Å². The zero-order valence-electron chi connectivity index (χ0n) is 7.52. The molecule has 6 heteroatoms. The van der Waals surface area contributed by atoms with Crippen molar-refractivity contribution in [1.82, 2.24) is 14.6 Å². The predicted molar refractivity (Wildman–Crippen MR) is 51.9 cm³/mol. The normalized spacial score (nSPS) is 10.0. The molecule has 0 aliphatic carbocycles. The average Bonchev–Trinajstić information content (AvgIpc) is 2.57. The second-order valence-corrected chi connectivity index (χ2v) is 2.71. The lowest BCUT2D eigenvalue weighted by Gasteiger charge is -2.00. The SMILES string of the molecule is CNn1cc(C#N)c2c(N)ncnc21. The summed E-state index contributed by atoms with van der Waals surface area (Å²) in [5.41, 5.74) is 9.60. The standard InChI is InChI=1S/C8H8N6/c1-11-14-3-5(2-9)6-7(10)12-4-13-8(6)14/h3-4,11H,1H3,(H2,10,12,13). The van der Waals surface area contributed by atoms with Crippen LogP contribution in [0.3, 0.4) is 0 Å². The molecule has 0 bridgehead atoms. The van der Waals surface area contributed by atoms with E-state index in [4.69, 9.17) is 11.0 Å². The first kappa shape index (κ1) is 8.31. The van der Waals surface area contributed by atoms with Crippen LogP contribution in [0.5, 0.6) is 0 Å². The number of hydrogen-bond donors (Lipinski definition) is 2. The molecule has 0 amide bonds. The Labute approximate surface area is 80.0 Å². The van der Waals surface area contributed by atoms with Crippen LogP contribution in [0.25, 0.3) is 11.0 Å². The first-order valence-electron chi connectivity index (χ1n) is 3.97. The minimum atomic E-state index is 0.320. The van der Waals surface area contributed by atoms with Crippen molar-refractivity contribution in [3.63, 3.8) is 0 Å². The van der Waals surface area contributed by atoms with Gasteiger partial charge in [0.15, 0.2) is 5.65 Å². The van der Waals surface area contributed by atoms with Crippen LogP contribution in [0.15, 0.2) is 12.5 Å². The Morgan fingerprint density at radius 2 is 2.36 bits per heavy atom. The Bertz CT molecular complexity index is 520. The number of rotatable bonds is 1. The first-order valence-corrected chi connectivity index (χ1v) is 3.97. The molecule has 0 aliphatic rings. The van der Waals surface area contributed by atoms with Gasteiger partial charge >= 0.3 is 0 Å². The van der Waals surface area contributed by atoms with E-state index in [0.29, 0.717) is 22.4 Å². The first-order chi connectivity index (χ1) is 6.77. The Morgan fingerprint density at radius 1 is 1.57 bits per heavy atom. The summed E-state index contributed by atoms with van der Waals surface area (Å²) >= 11 is 0. The molecule has 2 rings (SSSR count). The molecule has 2 aromatic heterocycles. The minimum absolute atomic E-state index is 0.320. The van der Waals surface area contributed by atoms with Crippen LogP contribution in [0.4, 0.5) is 5.82 Å². The summed E-state index contributed by atoms with van der Waals surface area (Å²) in [5, 5.41) is 9.45. The topological polar surface area (TPSA) is 92.5 Å². The minimum Gasteiger partial charge on any atom is -0.383 e. The largest absolute Gasteiger partial charge is 0.383 e. The van der Waals surface area contributed by atoms with E-state index < -0.39 is 0 Å². The fraction of sp³-hybridized carbons (Fsp3) is 0.125. The van der Waals surface area contributed by atoms with Crippen LogP contribution >= 0.6 is 0 Å². The van der Waals surface area contributed by atoms with E-state index in [-0.39, 0.29) is 0 Å². The lowest BCUT2D eigenvalue weighted by Crippen LogP contribution is -2.07. The van der Waals surface area contributed by atoms with Crippen molar-refractivity contribution in [2.24, 2.45) is 0 Å². The maximum Gasteiger partial charge on any atom is 0.165 e. The molecule has 0 radical (unpaired) electrons. The van der Waals surface area contributed by atoms with Gasteiger partial charge in [0.25, 0.3) is 0 Å². The second kappa shape index (κ2) is 2.88. The van der Waals surface area contributed by atoms with Crippen molar-refractivity contribution < 1.29 is 0 Å². The molecule has 0 unspecified atom stereocenters. The number of aromatic nitrogens is 3. The Morgan fingerprint density at radius 3 is 3.00 bits per heavy atom. The average molecular weight is 188 g/mol. The van der Waals surface area contributed by atoms with Gasteiger partial charge in [-0.1, -0.05) is 0 Å². The molecule has 0 aliphatic heterocycles. The van der Waals surface area contributed by atoms with Gasteiger partial charge in [0.2, 0.25) is 0 Å². The third kappa shape index (κ3) is 0.959. The molecule has 0 atom stereocenters. The summed E-state index contributed by atoms with van der Waals surface area (Å²) in [6.07, 6.45) is 3.00. The zero-order valence-corrected chi connectivity index (χ0v) is 7.52. The molecular formula is C8H8N6. The molecule has 2 aromatic rings. The summed E-state index contributed by atoms with van der Waals surface area (Å²) in [6, 6.07) is 2.04. The number of anilines is 1. The Hall–Kier alpha value is -2.29.